The Morgan fingerprint density at radius 1 is 0.927 bits per heavy atom. The lowest BCUT2D eigenvalue weighted by Gasteiger charge is -2.30. The van der Waals surface area contributed by atoms with Crippen molar-refractivity contribution in [2.24, 2.45) is 0 Å². The standard InChI is InChI=1S/C34H31ClN2O4/c35-24-14-15-32-27(20-24)28(16-17-40-32)36-21-30(38)29(18-22-8-2-1-3-9-22)37-34(39)26-19-23-10-4-6-12-31(23)41-33-13-7-5-11-25(26)33/h1-15,19-20,28-30,36,38H,16-18,21H2,(H,37,39)/t28-,29-,30+/m0/s1. The zero-order chi connectivity index (χ0) is 28.2. The monoisotopic (exact) mass is 566 g/mol. The smallest absolute Gasteiger partial charge is 0.252 e. The van der Waals surface area contributed by atoms with E-state index in [0.717, 1.165) is 28.9 Å². The molecule has 3 N–H and O–H groups in total. The van der Waals surface area contributed by atoms with Crippen LogP contribution in [0.25, 0.3) is 11.6 Å². The summed E-state index contributed by atoms with van der Waals surface area (Å²) in [6.07, 6.45) is 2.20. The second-order valence-electron chi connectivity index (χ2n) is 10.3. The van der Waals surface area contributed by atoms with E-state index in [1.165, 1.54) is 0 Å². The molecule has 6 nitrogen and oxygen atoms in total. The van der Waals surface area contributed by atoms with Gasteiger partial charge in [-0.3, -0.25) is 4.79 Å². The number of hydrogen-bond acceptors (Lipinski definition) is 5. The van der Waals surface area contributed by atoms with Gasteiger partial charge in [-0.25, -0.2) is 0 Å². The first-order valence-electron chi connectivity index (χ1n) is 13.8. The Morgan fingerprint density at radius 2 is 1.68 bits per heavy atom. The van der Waals surface area contributed by atoms with Crippen molar-refractivity contribution in [1.29, 1.82) is 0 Å². The predicted octanol–water partition coefficient (Wildman–Crippen LogP) is 6.19. The molecule has 6 rings (SSSR count). The maximum atomic E-state index is 13.9. The minimum absolute atomic E-state index is 0.0229. The van der Waals surface area contributed by atoms with E-state index in [4.69, 9.17) is 21.1 Å². The molecule has 0 radical (unpaired) electrons. The fourth-order valence-corrected chi connectivity index (χ4v) is 5.57. The van der Waals surface area contributed by atoms with E-state index in [1.807, 2.05) is 103 Å². The van der Waals surface area contributed by atoms with Gasteiger partial charge in [0.25, 0.3) is 5.91 Å². The van der Waals surface area contributed by atoms with Crippen molar-refractivity contribution in [2.75, 3.05) is 13.2 Å². The first-order chi connectivity index (χ1) is 20.0. The zero-order valence-corrected chi connectivity index (χ0v) is 23.2. The summed E-state index contributed by atoms with van der Waals surface area (Å²) >= 11 is 6.26. The molecule has 0 bridgehead atoms. The number of carbonyl (C=O) groups is 1. The van der Waals surface area contributed by atoms with E-state index in [9.17, 15) is 9.90 Å². The quantitative estimate of drug-likeness (QED) is 0.237. The minimum Gasteiger partial charge on any atom is -0.493 e. The molecule has 0 fully saturated rings. The van der Waals surface area contributed by atoms with Crippen molar-refractivity contribution >= 4 is 29.2 Å². The molecule has 0 aliphatic carbocycles. The van der Waals surface area contributed by atoms with Crippen LogP contribution in [0.2, 0.25) is 5.02 Å². The van der Waals surface area contributed by atoms with Crippen LogP contribution in [0.1, 0.15) is 34.7 Å². The van der Waals surface area contributed by atoms with Gasteiger partial charge in [-0.2, -0.15) is 0 Å². The summed E-state index contributed by atoms with van der Waals surface area (Å²) in [5.74, 6) is 1.81. The van der Waals surface area contributed by atoms with Crippen LogP contribution in [0, 0.1) is 0 Å². The fraction of sp³-hybridized carbons (Fsp3) is 0.206. The minimum atomic E-state index is -0.866. The Balaban J connectivity index is 1.25. The van der Waals surface area contributed by atoms with Crippen LogP contribution >= 0.6 is 11.6 Å². The summed E-state index contributed by atoms with van der Waals surface area (Å²) in [5, 5.41) is 18.8. The van der Waals surface area contributed by atoms with Crippen LogP contribution in [0.3, 0.4) is 0 Å². The third-order valence-electron chi connectivity index (χ3n) is 7.52. The van der Waals surface area contributed by atoms with Crippen molar-refractivity contribution < 1.29 is 19.4 Å². The summed E-state index contributed by atoms with van der Waals surface area (Å²) in [7, 11) is 0. The van der Waals surface area contributed by atoms with Gasteiger partial charge in [0.05, 0.1) is 24.3 Å². The van der Waals surface area contributed by atoms with Crippen LogP contribution in [-0.4, -0.2) is 36.3 Å². The highest BCUT2D eigenvalue weighted by molar-refractivity contribution is 6.30. The van der Waals surface area contributed by atoms with E-state index in [0.29, 0.717) is 40.7 Å². The molecule has 41 heavy (non-hydrogen) atoms. The highest BCUT2D eigenvalue weighted by Gasteiger charge is 2.28. The molecular formula is C34H31ClN2O4. The number of aliphatic hydroxyl groups is 1. The first kappa shape index (κ1) is 27.1. The molecule has 208 valence electrons. The summed E-state index contributed by atoms with van der Waals surface area (Å²) in [4.78, 5) is 13.9. The van der Waals surface area contributed by atoms with Crippen molar-refractivity contribution in [3.05, 3.63) is 124 Å². The predicted molar refractivity (Wildman–Crippen MR) is 161 cm³/mol. The van der Waals surface area contributed by atoms with Gasteiger partial charge in [0, 0.05) is 40.7 Å². The average Bonchev–Trinajstić information content (AvgIpc) is 3.17. The van der Waals surface area contributed by atoms with E-state index in [-0.39, 0.29) is 18.5 Å². The van der Waals surface area contributed by atoms with Crippen molar-refractivity contribution in [3.8, 4) is 17.2 Å². The lowest BCUT2D eigenvalue weighted by molar-refractivity contribution is -0.117. The topological polar surface area (TPSA) is 79.8 Å². The number of benzene rings is 4. The van der Waals surface area contributed by atoms with Crippen molar-refractivity contribution in [1.82, 2.24) is 10.6 Å². The molecule has 0 aromatic heterocycles. The van der Waals surface area contributed by atoms with Gasteiger partial charge in [-0.15, -0.1) is 0 Å². The van der Waals surface area contributed by atoms with Gasteiger partial charge in [0.15, 0.2) is 0 Å². The molecule has 3 atom stereocenters. The Hall–Kier alpha value is -4.10. The molecule has 4 aromatic carbocycles. The number of hydrogen-bond donors (Lipinski definition) is 3. The Bertz CT molecular complexity index is 1570. The van der Waals surface area contributed by atoms with E-state index < -0.39 is 12.1 Å². The molecule has 7 heteroatoms. The number of aliphatic hydroxyl groups excluding tert-OH is 1. The summed E-state index contributed by atoms with van der Waals surface area (Å²) in [6.45, 7) is 0.847. The Kier molecular flexibility index (Phi) is 8.05. The van der Waals surface area contributed by atoms with Crippen LogP contribution in [0.15, 0.2) is 97.1 Å². The summed E-state index contributed by atoms with van der Waals surface area (Å²) in [6, 6.07) is 30.0. The Morgan fingerprint density at radius 3 is 2.54 bits per heavy atom. The van der Waals surface area contributed by atoms with Crippen LogP contribution in [-0.2, 0) is 11.2 Å². The normalized spacial score (nSPS) is 16.8. The first-order valence-corrected chi connectivity index (χ1v) is 14.2. The number of amides is 1. The number of rotatable bonds is 8. The second-order valence-corrected chi connectivity index (χ2v) is 10.7. The number of ether oxygens (including phenoxy) is 2. The van der Waals surface area contributed by atoms with Crippen LogP contribution in [0.5, 0.6) is 17.2 Å². The van der Waals surface area contributed by atoms with E-state index in [1.54, 1.807) is 0 Å². The lowest BCUT2D eigenvalue weighted by atomic mass is 9.97. The van der Waals surface area contributed by atoms with Crippen LogP contribution < -0.4 is 20.1 Å². The number of halogens is 1. The van der Waals surface area contributed by atoms with Gasteiger partial charge >= 0.3 is 0 Å². The summed E-state index contributed by atoms with van der Waals surface area (Å²) < 4.78 is 12.0. The third-order valence-corrected chi connectivity index (χ3v) is 7.76. The molecular weight excluding hydrogens is 536 g/mol. The molecule has 0 saturated carbocycles. The van der Waals surface area contributed by atoms with Crippen molar-refractivity contribution in [3.63, 3.8) is 0 Å². The fourth-order valence-electron chi connectivity index (χ4n) is 5.39. The average molecular weight is 567 g/mol. The molecule has 0 saturated heterocycles. The van der Waals surface area contributed by atoms with Gasteiger partial charge in [0.2, 0.25) is 0 Å². The molecule has 0 unspecified atom stereocenters. The second kappa shape index (κ2) is 12.2. The third kappa shape index (κ3) is 6.15. The number of carbonyl (C=O) groups excluding carboxylic acids is 1. The molecule has 4 aromatic rings. The van der Waals surface area contributed by atoms with E-state index in [2.05, 4.69) is 10.6 Å². The van der Waals surface area contributed by atoms with E-state index >= 15 is 0 Å². The summed E-state index contributed by atoms with van der Waals surface area (Å²) in [5.41, 5.74) is 3.98. The molecule has 1 amide bonds. The largest absolute Gasteiger partial charge is 0.493 e. The maximum Gasteiger partial charge on any atom is 0.252 e. The zero-order valence-electron chi connectivity index (χ0n) is 22.4. The molecule has 2 aliphatic heterocycles. The molecule has 0 spiro atoms. The highest BCUT2D eigenvalue weighted by Crippen LogP contribution is 2.38. The maximum absolute atomic E-state index is 13.9. The SMILES string of the molecule is O=C(N[C@@H](Cc1ccccc1)[C@H](O)CN[C@H]1CCOc2ccc(Cl)cc21)C1=Cc2ccccc2Oc2ccccc21. The number of para-hydroxylation sites is 2. The molecule has 2 heterocycles. The van der Waals surface area contributed by atoms with Crippen LogP contribution in [0.4, 0.5) is 0 Å². The number of fused-ring (bicyclic) bond motifs is 3. The van der Waals surface area contributed by atoms with Gasteiger partial charge < -0.3 is 25.2 Å². The lowest BCUT2D eigenvalue weighted by Crippen LogP contribution is -2.49. The van der Waals surface area contributed by atoms with Crippen molar-refractivity contribution in [2.45, 2.75) is 31.0 Å². The van der Waals surface area contributed by atoms with Gasteiger partial charge in [-0.05, 0) is 48.4 Å². The Labute approximate surface area is 244 Å². The van der Waals surface area contributed by atoms with Gasteiger partial charge in [0.1, 0.15) is 17.2 Å². The highest BCUT2D eigenvalue weighted by atomic mass is 35.5. The molecule has 2 aliphatic rings. The number of nitrogens with one attached hydrogen (secondary N) is 2. The van der Waals surface area contributed by atoms with Gasteiger partial charge in [-0.1, -0.05) is 78.3 Å².